The summed E-state index contributed by atoms with van der Waals surface area (Å²) in [6.45, 7) is 4.60. The molecule has 0 spiro atoms. The highest BCUT2D eigenvalue weighted by molar-refractivity contribution is 9.10. The van der Waals surface area contributed by atoms with E-state index in [1.807, 2.05) is 35.2 Å². The fourth-order valence-electron chi connectivity index (χ4n) is 5.03. The summed E-state index contributed by atoms with van der Waals surface area (Å²) in [7, 11) is 0. The van der Waals surface area contributed by atoms with Gasteiger partial charge in [-0.15, -0.1) is 0 Å². The Balaban J connectivity index is 1.29. The van der Waals surface area contributed by atoms with Crippen molar-refractivity contribution >= 4 is 22.0 Å². The number of H-pyrrole nitrogens is 1. The number of likely N-dealkylation sites (tertiary alicyclic amines) is 1. The summed E-state index contributed by atoms with van der Waals surface area (Å²) in [5.41, 5.74) is 6.67. The number of hydrogen-bond donors (Lipinski definition) is 1. The average Bonchev–Trinajstić information content (AvgIpc) is 3.36. The van der Waals surface area contributed by atoms with E-state index in [0.29, 0.717) is 5.92 Å². The number of benzene rings is 2. The van der Waals surface area contributed by atoms with Crippen LogP contribution in [0.1, 0.15) is 35.1 Å². The molecular weight excluding hydrogens is 454 g/mol. The van der Waals surface area contributed by atoms with Gasteiger partial charge >= 0.3 is 6.09 Å². The van der Waals surface area contributed by atoms with Gasteiger partial charge in [-0.1, -0.05) is 58.9 Å². The molecule has 0 bridgehead atoms. The van der Waals surface area contributed by atoms with Crippen molar-refractivity contribution in [2.24, 2.45) is 5.92 Å². The molecule has 1 aliphatic heterocycles. The van der Waals surface area contributed by atoms with Gasteiger partial charge in [0.2, 0.25) is 0 Å². The highest BCUT2D eigenvalue weighted by Crippen LogP contribution is 2.56. The molecule has 2 unspecified atom stereocenters. The van der Waals surface area contributed by atoms with Gasteiger partial charge in [-0.3, -0.25) is 4.90 Å². The second-order valence-corrected chi connectivity index (χ2v) is 9.50. The van der Waals surface area contributed by atoms with Crippen LogP contribution in [-0.2, 0) is 24.2 Å². The number of imidazole rings is 1. The van der Waals surface area contributed by atoms with E-state index in [9.17, 15) is 4.79 Å². The molecule has 1 aromatic heterocycles. The van der Waals surface area contributed by atoms with Crippen LogP contribution in [0.25, 0.3) is 11.3 Å². The number of carbonyl (C=O) groups is 1. The van der Waals surface area contributed by atoms with E-state index in [2.05, 4.69) is 45.7 Å². The van der Waals surface area contributed by atoms with E-state index in [1.165, 1.54) is 11.1 Å². The first kappa shape index (κ1) is 18.9. The number of aromatic amines is 1. The number of aromatic nitrogens is 2. The maximum atomic E-state index is 13.1. The van der Waals surface area contributed by atoms with Crippen molar-refractivity contribution < 1.29 is 9.53 Å². The molecule has 31 heavy (non-hydrogen) atoms. The monoisotopic (exact) mass is 475 g/mol. The first-order chi connectivity index (χ1) is 15.1. The highest BCUT2D eigenvalue weighted by atomic mass is 79.9. The summed E-state index contributed by atoms with van der Waals surface area (Å²) in [6.07, 6.45) is 2.53. The van der Waals surface area contributed by atoms with Crippen LogP contribution in [0, 0.1) is 5.92 Å². The molecule has 2 aromatic carbocycles. The number of carbonyl (C=O) groups excluding carboxylic acids is 1. The molecule has 6 heteroatoms. The largest absolute Gasteiger partial charge is 0.445 e. The Kier molecular flexibility index (Phi) is 4.32. The minimum Gasteiger partial charge on any atom is -0.445 e. The third-order valence-electron chi connectivity index (χ3n) is 6.66. The molecule has 6 rings (SSSR count). The maximum Gasteiger partial charge on any atom is 0.411 e. The third kappa shape index (κ3) is 3.12. The van der Waals surface area contributed by atoms with Gasteiger partial charge in [-0.05, 0) is 48.1 Å². The Hall–Kier alpha value is -2.86. The van der Waals surface area contributed by atoms with E-state index < -0.39 is 0 Å². The van der Waals surface area contributed by atoms with Crippen LogP contribution in [0.15, 0.2) is 65.2 Å². The van der Waals surface area contributed by atoms with E-state index in [-0.39, 0.29) is 24.8 Å². The number of rotatable bonds is 3. The van der Waals surface area contributed by atoms with Crippen molar-refractivity contribution in [3.8, 4) is 11.3 Å². The van der Waals surface area contributed by atoms with Gasteiger partial charge in [-0.2, -0.15) is 0 Å². The minimum atomic E-state index is -0.293. The molecule has 2 heterocycles. The predicted octanol–water partition coefficient (Wildman–Crippen LogP) is 5.58. The fraction of sp³-hybridized carbons (Fsp3) is 0.280. The van der Waals surface area contributed by atoms with E-state index in [0.717, 1.165) is 52.1 Å². The molecule has 3 atom stereocenters. The quantitative estimate of drug-likeness (QED) is 0.503. The molecule has 1 N–H and O–H groups in total. The predicted molar refractivity (Wildman–Crippen MR) is 121 cm³/mol. The average molecular weight is 476 g/mol. The number of nitrogens with zero attached hydrogens (tertiary/aromatic N) is 2. The van der Waals surface area contributed by atoms with Crippen molar-refractivity contribution in [2.45, 2.75) is 38.0 Å². The lowest BCUT2D eigenvalue weighted by Gasteiger charge is -2.26. The molecule has 3 aromatic rings. The number of nitrogens with one attached hydrogen (secondary N) is 1. The molecule has 5 nitrogen and oxygen atoms in total. The summed E-state index contributed by atoms with van der Waals surface area (Å²) in [6, 6.07) is 16.1. The SMILES string of the molecule is C=C1C2CC2N(C(=O)OCc2ccccc2)[C@@H]1c1nc2c([nH]1)-c1ccc(Br)cc1CC2. The third-order valence-corrected chi connectivity index (χ3v) is 7.15. The minimum absolute atomic E-state index is 0.172. The number of halogens is 1. The van der Waals surface area contributed by atoms with Crippen LogP contribution in [-0.4, -0.2) is 27.0 Å². The molecule has 3 aliphatic rings. The summed E-state index contributed by atoms with van der Waals surface area (Å²) < 4.78 is 6.77. The number of piperidine rings is 1. The van der Waals surface area contributed by atoms with Crippen LogP contribution in [0.4, 0.5) is 4.79 Å². The number of hydrogen-bond acceptors (Lipinski definition) is 3. The van der Waals surface area contributed by atoms with Crippen LogP contribution < -0.4 is 0 Å². The molecule has 2 aliphatic carbocycles. The normalized spacial score (nSPS) is 23.2. The summed E-state index contributed by atoms with van der Waals surface area (Å²) in [5.74, 6) is 1.15. The molecular formula is C25H22BrN3O2. The Morgan fingerprint density at radius 3 is 2.90 bits per heavy atom. The van der Waals surface area contributed by atoms with Gasteiger partial charge in [0, 0.05) is 22.0 Å². The Morgan fingerprint density at radius 1 is 1.23 bits per heavy atom. The van der Waals surface area contributed by atoms with Crippen LogP contribution in [0.3, 0.4) is 0 Å². The van der Waals surface area contributed by atoms with Crippen molar-refractivity contribution in [3.05, 3.63) is 87.8 Å². The number of aryl methyl sites for hydroxylation is 2. The van der Waals surface area contributed by atoms with E-state index in [1.54, 1.807) is 0 Å². The molecule has 1 saturated heterocycles. The summed E-state index contributed by atoms with van der Waals surface area (Å²) in [4.78, 5) is 23.4. The first-order valence-electron chi connectivity index (χ1n) is 10.7. The van der Waals surface area contributed by atoms with Crippen molar-refractivity contribution in [1.29, 1.82) is 0 Å². The highest BCUT2D eigenvalue weighted by Gasteiger charge is 2.58. The Bertz CT molecular complexity index is 1200. The van der Waals surface area contributed by atoms with Crippen LogP contribution in [0.2, 0.25) is 0 Å². The standard InChI is InChI=1S/C25H22BrN3O2/c1-14-19-12-21(19)29(25(30)31-13-15-5-3-2-4-6-15)23(14)24-27-20-10-7-16-11-17(26)8-9-18(16)22(20)28-24/h2-6,8-9,11,19,21,23H,1,7,10,12-13H2,(H,27,28)/t19?,21?,23-/m0/s1. The Labute approximate surface area is 189 Å². The molecule has 2 fully saturated rings. The topological polar surface area (TPSA) is 58.2 Å². The van der Waals surface area contributed by atoms with Crippen molar-refractivity contribution in [3.63, 3.8) is 0 Å². The molecule has 1 amide bonds. The maximum absolute atomic E-state index is 13.1. The van der Waals surface area contributed by atoms with Gasteiger partial charge in [0.25, 0.3) is 0 Å². The van der Waals surface area contributed by atoms with Crippen LogP contribution >= 0.6 is 15.9 Å². The smallest absolute Gasteiger partial charge is 0.411 e. The molecule has 156 valence electrons. The van der Waals surface area contributed by atoms with Crippen LogP contribution in [0.5, 0.6) is 0 Å². The lowest BCUT2D eigenvalue weighted by molar-refractivity contribution is 0.0869. The summed E-state index contributed by atoms with van der Waals surface area (Å²) >= 11 is 3.57. The van der Waals surface area contributed by atoms with Gasteiger partial charge < -0.3 is 9.72 Å². The summed E-state index contributed by atoms with van der Waals surface area (Å²) in [5, 5.41) is 0. The lowest BCUT2D eigenvalue weighted by Crippen LogP contribution is -2.35. The lowest BCUT2D eigenvalue weighted by atomic mass is 9.92. The van der Waals surface area contributed by atoms with Gasteiger partial charge in [0.15, 0.2) is 0 Å². The molecule has 1 saturated carbocycles. The number of fused-ring (bicyclic) bond motifs is 4. The van der Waals surface area contributed by atoms with Crippen molar-refractivity contribution in [2.75, 3.05) is 0 Å². The Morgan fingerprint density at radius 2 is 2.06 bits per heavy atom. The number of amides is 1. The van der Waals surface area contributed by atoms with E-state index >= 15 is 0 Å². The zero-order valence-corrected chi connectivity index (χ0v) is 18.6. The fourth-order valence-corrected chi connectivity index (χ4v) is 5.44. The zero-order chi connectivity index (χ0) is 21.1. The van der Waals surface area contributed by atoms with Gasteiger partial charge in [0.05, 0.1) is 11.4 Å². The van der Waals surface area contributed by atoms with Gasteiger partial charge in [0.1, 0.15) is 18.5 Å². The second-order valence-electron chi connectivity index (χ2n) is 8.58. The zero-order valence-electron chi connectivity index (χ0n) is 17.0. The number of ether oxygens (including phenoxy) is 1. The first-order valence-corrected chi connectivity index (χ1v) is 11.4. The van der Waals surface area contributed by atoms with E-state index in [4.69, 9.17) is 9.72 Å². The molecule has 0 radical (unpaired) electrons. The second kappa shape index (κ2) is 7.09. The van der Waals surface area contributed by atoms with Gasteiger partial charge in [-0.25, -0.2) is 9.78 Å². The van der Waals surface area contributed by atoms with Crippen molar-refractivity contribution in [1.82, 2.24) is 14.9 Å².